The van der Waals surface area contributed by atoms with Gasteiger partial charge in [0, 0.05) is 0 Å². The Balaban J connectivity index is 5.10. The van der Waals surface area contributed by atoms with E-state index in [1.54, 1.807) is 20.8 Å². The maximum Gasteiger partial charge on any atom is 0.375 e. The smallest absolute Gasteiger partial charge is 0.375 e. The molecule has 2 N–H and O–H groups in total. The first kappa shape index (κ1) is 16.4. The second-order valence-electron chi connectivity index (χ2n) is 4.45. The molecule has 104 valence electrons. The van der Waals surface area contributed by atoms with Crippen LogP contribution in [-0.4, -0.2) is 27.8 Å². The van der Waals surface area contributed by atoms with Crippen LogP contribution >= 0.6 is 0 Å². The summed E-state index contributed by atoms with van der Waals surface area (Å²) in [7, 11) is 0. The van der Waals surface area contributed by atoms with Crippen LogP contribution < -0.4 is 0 Å². The van der Waals surface area contributed by atoms with Gasteiger partial charge >= 0.3 is 11.9 Å². The van der Waals surface area contributed by atoms with Crippen molar-refractivity contribution in [1.82, 2.24) is 0 Å². The molecule has 18 heavy (non-hydrogen) atoms. The standard InChI is InChI=1S/C12H20O6/c1-5-7-8(10(13)14)9(11(15)16)17-18-12(3,4)6-2/h5-7H2,1-4H3,(H,13,14)(H,15,16). The third-order valence-corrected chi connectivity index (χ3v) is 2.43. The first-order chi connectivity index (χ1) is 8.25. The van der Waals surface area contributed by atoms with E-state index in [1.165, 1.54) is 0 Å². The summed E-state index contributed by atoms with van der Waals surface area (Å²) in [5.41, 5.74) is -0.979. The van der Waals surface area contributed by atoms with Crippen molar-refractivity contribution in [3.8, 4) is 0 Å². The molecule has 6 nitrogen and oxygen atoms in total. The van der Waals surface area contributed by atoms with E-state index in [1.807, 2.05) is 6.92 Å². The highest BCUT2D eigenvalue weighted by atomic mass is 17.2. The lowest BCUT2D eigenvalue weighted by atomic mass is 10.1. The van der Waals surface area contributed by atoms with Crippen molar-refractivity contribution in [2.24, 2.45) is 0 Å². The molecule has 0 aliphatic rings. The van der Waals surface area contributed by atoms with E-state index in [9.17, 15) is 9.59 Å². The van der Waals surface area contributed by atoms with E-state index >= 15 is 0 Å². The fourth-order valence-electron chi connectivity index (χ4n) is 0.996. The highest BCUT2D eigenvalue weighted by molar-refractivity contribution is 5.97. The minimum absolute atomic E-state index is 0.104. The van der Waals surface area contributed by atoms with Crippen LogP contribution in [0.4, 0.5) is 0 Å². The second-order valence-corrected chi connectivity index (χ2v) is 4.45. The van der Waals surface area contributed by atoms with Crippen LogP contribution in [0.25, 0.3) is 0 Å². The van der Waals surface area contributed by atoms with Crippen LogP contribution in [0, 0.1) is 0 Å². The molecule has 0 fully saturated rings. The van der Waals surface area contributed by atoms with Crippen molar-refractivity contribution in [2.75, 3.05) is 0 Å². The largest absolute Gasteiger partial charge is 0.478 e. The maximum absolute atomic E-state index is 11.0. The SMILES string of the molecule is CCCC(C(=O)O)=C(OOC(C)(C)CC)C(=O)O. The minimum Gasteiger partial charge on any atom is -0.478 e. The summed E-state index contributed by atoms with van der Waals surface area (Å²) in [6.07, 6.45) is 1.20. The van der Waals surface area contributed by atoms with Gasteiger partial charge in [-0.1, -0.05) is 20.3 Å². The molecule has 0 aliphatic carbocycles. The van der Waals surface area contributed by atoms with E-state index < -0.39 is 23.3 Å². The molecule has 0 saturated heterocycles. The Morgan fingerprint density at radius 3 is 2.00 bits per heavy atom. The topological polar surface area (TPSA) is 93.1 Å². The van der Waals surface area contributed by atoms with E-state index in [-0.39, 0.29) is 12.0 Å². The van der Waals surface area contributed by atoms with Gasteiger partial charge in [0.25, 0.3) is 5.76 Å². The number of carboxylic acids is 2. The number of carboxylic acid groups (broad SMARTS) is 2. The van der Waals surface area contributed by atoms with Crippen LogP contribution in [0.5, 0.6) is 0 Å². The zero-order valence-electron chi connectivity index (χ0n) is 11.1. The molecule has 0 saturated carbocycles. The van der Waals surface area contributed by atoms with E-state index in [0.29, 0.717) is 12.8 Å². The fourth-order valence-corrected chi connectivity index (χ4v) is 0.996. The Kier molecular flexibility index (Phi) is 6.40. The summed E-state index contributed by atoms with van der Waals surface area (Å²) in [5, 5.41) is 17.9. The van der Waals surface area contributed by atoms with Gasteiger partial charge in [0.1, 0.15) is 5.60 Å². The molecule has 0 aromatic rings. The Bertz CT molecular complexity index is 342. The maximum atomic E-state index is 11.0. The minimum atomic E-state index is -1.45. The van der Waals surface area contributed by atoms with Crippen molar-refractivity contribution in [3.63, 3.8) is 0 Å². The highest BCUT2D eigenvalue weighted by Crippen LogP contribution is 2.20. The van der Waals surface area contributed by atoms with Crippen LogP contribution in [0.2, 0.25) is 0 Å². The van der Waals surface area contributed by atoms with Gasteiger partial charge < -0.3 is 15.1 Å². The fraction of sp³-hybridized carbons (Fsp3) is 0.667. The number of carbonyl (C=O) groups is 2. The average Bonchev–Trinajstić information content (AvgIpc) is 2.27. The summed E-state index contributed by atoms with van der Waals surface area (Å²) in [5.74, 6) is -3.43. The highest BCUT2D eigenvalue weighted by Gasteiger charge is 2.26. The molecule has 0 bridgehead atoms. The van der Waals surface area contributed by atoms with Gasteiger partial charge in [-0.05, 0) is 26.7 Å². The lowest BCUT2D eigenvalue weighted by Crippen LogP contribution is -2.25. The Labute approximate surface area is 106 Å². The third kappa shape index (κ3) is 5.18. The Hall–Kier alpha value is -1.56. The molecule has 0 atom stereocenters. The normalized spacial score (nSPS) is 12.9. The monoisotopic (exact) mass is 260 g/mol. The van der Waals surface area contributed by atoms with Gasteiger partial charge in [-0.25, -0.2) is 9.59 Å². The Morgan fingerprint density at radius 2 is 1.67 bits per heavy atom. The van der Waals surface area contributed by atoms with Crippen LogP contribution in [0.15, 0.2) is 11.3 Å². The molecule has 0 spiro atoms. The van der Waals surface area contributed by atoms with Gasteiger partial charge in [0.05, 0.1) is 5.57 Å². The van der Waals surface area contributed by atoms with Gasteiger partial charge in [-0.3, -0.25) is 0 Å². The summed E-state index contributed by atoms with van der Waals surface area (Å²) in [4.78, 5) is 31.7. The number of hydrogen-bond acceptors (Lipinski definition) is 4. The van der Waals surface area contributed by atoms with E-state index in [2.05, 4.69) is 0 Å². The third-order valence-electron chi connectivity index (χ3n) is 2.43. The number of aliphatic carboxylic acids is 2. The second kappa shape index (κ2) is 7.00. The molecule has 0 amide bonds. The van der Waals surface area contributed by atoms with E-state index in [0.717, 1.165) is 0 Å². The van der Waals surface area contributed by atoms with Crippen molar-refractivity contribution < 1.29 is 29.6 Å². The lowest BCUT2D eigenvalue weighted by molar-refractivity contribution is -0.326. The average molecular weight is 260 g/mol. The molecule has 0 aromatic carbocycles. The van der Waals surface area contributed by atoms with Gasteiger partial charge in [-0.2, -0.15) is 4.89 Å². The molecule has 0 aromatic heterocycles. The van der Waals surface area contributed by atoms with E-state index in [4.69, 9.17) is 20.0 Å². The number of rotatable bonds is 8. The summed E-state index contributed by atoms with van der Waals surface area (Å²) >= 11 is 0. The molecule has 0 heterocycles. The zero-order valence-corrected chi connectivity index (χ0v) is 11.1. The molecular formula is C12H20O6. The van der Waals surface area contributed by atoms with Crippen LogP contribution in [0.1, 0.15) is 47.0 Å². The first-order valence-corrected chi connectivity index (χ1v) is 5.80. The molecule has 0 aliphatic heterocycles. The molecular weight excluding hydrogens is 240 g/mol. The predicted octanol–water partition coefficient (Wildman–Crippen LogP) is 2.35. The molecule has 0 rings (SSSR count). The van der Waals surface area contributed by atoms with Gasteiger partial charge in [0.15, 0.2) is 0 Å². The van der Waals surface area contributed by atoms with Crippen LogP contribution in [0.3, 0.4) is 0 Å². The van der Waals surface area contributed by atoms with Crippen molar-refractivity contribution in [1.29, 1.82) is 0 Å². The van der Waals surface area contributed by atoms with Crippen LogP contribution in [-0.2, 0) is 19.4 Å². The summed E-state index contributed by atoms with van der Waals surface area (Å²) < 4.78 is 0. The molecule has 6 heteroatoms. The molecule has 0 radical (unpaired) electrons. The Morgan fingerprint density at radius 1 is 1.11 bits per heavy atom. The molecule has 0 unspecified atom stereocenters. The zero-order chi connectivity index (χ0) is 14.3. The van der Waals surface area contributed by atoms with Crippen molar-refractivity contribution in [3.05, 3.63) is 11.3 Å². The van der Waals surface area contributed by atoms with Gasteiger partial charge in [-0.15, -0.1) is 0 Å². The van der Waals surface area contributed by atoms with Crippen molar-refractivity contribution in [2.45, 2.75) is 52.6 Å². The first-order valence-electron chi connectivity index (χ1n) is 5.80. The number of hydrogen-bond donors (Lipinski definition) is 2. The van der Waals surface area contributed by atoms with Crippen molar-refractivity contribution >= 4 is 11.9 Å². The lowest BCUT2D eigenvalue weighted by Gasteiger charge is -2.22. The van der Waals surface area contributed by atoms with Gasteiger partial charge in [0.2, 0.25) is 0 Å². The quantitative estimate of drug-likeness (QED) is 0.301. The summed E-state index contributed by atoms with van der Waals surface area (Å²) in [6.45, 7) is 7.02. The predicted molar refractivity (Wildman–Crippen MR) is 63.7 cm³/mol. The summed E-state index contributed by atoms with van der Waals surface area (Å²) in [6, 6.07) is 0.